The van der Waals surface area contributed by atoms with E-state index in [9.17, 15) is 9.59 Å². The highest BCUT2D eigenvalue weighted by Crippen LogP contribution is 2.22. The molecule has 2 N–H and O–H groups in total. The Bertz CT molecular complexity index is 957. The number of carbonyl (C=O) groups is 1. The van der Waals surface area contributed by atoms with Gasteiger partial charge in [-0.2, -0.15) is 0 Å². The average Bonchev–Trinajstić information content (AvgIpc) is 2.69. The summed E-state index contributed by atoms with van der Waals surface area (Å²) in [6, 6.07) is 17.6. The molecule has 0 bridgehead atoms. The lowest BCUT2D eigenvalue weighted by atomic mass is 9.98. The van der Waals surface area contributed by atoms with Gasteiger partial charge in [-0.3, -0.25) is 0 Å². The maximum Gasteiger partial charge on any atom is 0.340 e. The molecule has 1 fully saturated rings. The van der Waals surface area contributed by atoms with Crippen LogP contribution in [0.4, 0.5) is 5.69 Å². The predicted octanol–water partition coefficient (Wildman–Crippen LogP) is 4.55. The van der Waals surface area contributed by atoms with Gasteiger partial charge in [0, 0.05) is 17.1 Å². The van der Waals surface area contributed by atoms with Crippen LogP contribution in [0.5, 0.6) is 0 Å². The number of anilines is 1. The number of benzene rings is 2. The molecule has 1 aliphatic rings. The van der Waals surface area contributed by atoms with Crippen LogP contribution in [-0.2, 0) is 4.74 Å². The third-order valence-electron chi connectivity index (χ3n) is 4.54. The van der Waals surface area contributed by atoms with Crippen LogP contribution in [0.2, 0.25) is 0 Å². The number of rotatable bonds is 2. The van der Waals surface area contributed by atoms with E-state index >= 15 is 0 Å². The van der Waals surface area contributed by atoms with Gasteiger partial charge in [-0.15, -0.1) is 0 Å². The number of fused-ring (bicyclic) bond motifs is 1. The van der Waals surface area contributed by atoms with Crippen LogP contribution in [0.25, 0.3) is 11.0 Å². The number of nitrogens with two attached hydrogens (primary N) is 1. The van der Waals surface area contributed by atoms with Gasteiger partial charge in [0.1, 0.15) is 11.7 Å². The molecule has 1 aromatic heterocycles. The van der Waals surface area contributed by atoms with E-state index in [1.54, 1.807) is 30.3 Å². The minimum atomic E-state index is -0.302. The normalized spacial score (nSPS) is 14.2. The van der Waals surface area contributed by atoms with Crippen LogP contribution in [0, 0.1) is 0 Å². The standard InChI is InChI=1S/C13H17NO2.C9H6O2/c14-12-9-5-4-8-11(12)13(15)16-10-6-2-1-3-7-10;10-9-6-5-7-3-1-2-4-8(7)11-9/h4-5,8-10H,1-3,6-7,14H2;1-6H. The van der Waals surface area contributed by atoms with Crippen molar-refractivity contribution in [3.63, 3.8) is 0 Å². The second-order valence-electron chi connectivity index (χ2n) is 6.54. The Balaban J connectivity index is 0.000000166. The number of hydrogen-bond donors (Lipinski definition) is 1. The van der Waals surface area contributed by atoms with E-state index in [0.29, 0.717) is 16.8 Å². The second-order valence-corrected chi connectivity index (χ2v) is 6.54. The fourth-order valence-electron chi connectivity index (χ4n) is 3.09. The zero-order chi connectivity index (χ0) is 19.1. The number of para-hydroxylation sites is 2. The zero-order valence-corrected chi connectivity index (χ0v) is 15.1. The summed E-state index contributed by atoms with van der Waals surface area (Å²) in [5.41, 5.74) is 7.03. The van der Waals surface area contributed by atoms with Crippen molar-refractivity contribution in [2.75, 3.05) is 5.73 Å². The average molecular weight is 365 g/mol. The van der Waals surface area contributed by atoms with Crippen molar-refractivity contribution >= 4 is 22.6 Å². The largest absolute Gasteiger partial charge is 0.459 e. The number of hydrogen-bond acceptors (Lipinski definition) is 5. The maximum absolute atomic E-state index is 11.8. The fraction of sp³-hybridized carbons (Fsp3) is 0.273. The molecule has 0 unspecified atom stereocenters. The first-order valence-electron chi connectivity index (χ1n) is 9.18. The third-order valence-corrected chi connectivity index (χ3v) is 4.54. The van der Waals surface area contributed by atoms with Crippen molar-refractivity contribution in [2.45, 2.75) is 38.2 Å². The van der Waals surface area contributed by atoms with Crippen molar-refractivity contribution in [1.29, 1.82) is 0 Å². The Hall–Kier alpha value is -3.08. The van der Waals surface area contributed by atoms with Crippen molar-refractivity contribution in [3.05, 3.63) is 76.6 Å². The Kier molecular flexibility index (Phi) is 6.26. The number of esters is 1. The predicted molar refractivity (Wildman–Crippen MR) is 106 cm³/mol. The van der Waals surface area contributed by atoms with Crippen LogP contribution in [0.1, 0.15) is 42.5 Å². The molecule has 140 valence electrons. The van der Waals surface area contributed by atoms with Gasteiger partial charge in [-0.1, -0.05) is 36.8 Å². The van der Waals surface area contributed by atoms with E-state index in [0.717, 1.165) is 31.1 Å². The lowest BCUT2D eigenvalue weighted by molar-refractivity contribution is 0.0212. The fourth-order valence-corrected chi connectivity index (χ4v) is 3.09. The molecule has 0 saturated heterocycles. The highest BCUT2D eigenvalue weighted by atomic mass is 16.5. The molecule has 5 heteroatoms. The summed E-state index contributed by atoms with van der Waals surface area (Å²) < 4.78 is 10.3. The van der Waals surface area contributed by atoms with Crippen molar-refractivity contribution in [3.8, 4) is 0 Å². The molecule has 3 aromatic rings. The summed E-state index contributed by atoms with van der Waals surface area (Å²) in [6.07, 6.45) is 5.61. The summed E-state index contributed by atoms with van der Waals surface area (Å²) in [5.74, 6) is -0.287. The Morgan fingerprint density at radius 3 is 2.41 bits per heavy atom. The van der Waals surface area contributed by atoms with Gasteiger partial charge in [0.05, 0.1) is 5.56 Å². The van der Waals surface area contributed by atoms with Gasteiger partial charge < -0.3 is 14.9 Å². The van der Waals surface area contributed by atoms with Gasteiger partial charge in [-0.25, -0.2) is 9.59 Å². The molecular formula is C22H23NO4. The minimum absolute atomic E-state index is 0.0841. The minimum Gasteiger partial charge on any atom is -0.459 e. The molecule has 0 radical (unpaired) electrons. The highest BCUT2D eigenvalue weighted by molar-refractivity contribution is 5.95. The van der Waals surface area contributed by atoms with Gasteiger partial charge in [0.25, 0.3) is 0 Å². The number of nitrogen functional groups attached to an aromatic ring is 1. The quantitative estimate of drug-likeness (QED) is 0.409. The molecule has 1 heterocycles. The molecule has 1 saturated carbocycles. The molecule has 0 aliphatic heterocycles. The molecule has 1 aliphatic carbocycles. The van der Waals surface area contributed by atoms with Crippen molar-refractivity contribution < 1.29 is 13.9 Å². The molecule has 0 spiro atoms. The van der Waals surface area contributed by atoms with E-state index in [1.807, 2.05) is 24.3 Å². The Morgan fingerprint density at radius 2 is 1.63 bits per heavy atom. The van der Waals surface area contributed by atoms with E-state index in [4.69, 9.17) is 14.9 Å². The molecular weight excluding hydrogens is 342 g/mol. The number of ether oxygens (including phenoxy) is 1. The van der Waals surface area contributed by atoms with Crippen LogP contribution in [0.15, 0.2) is 69.9 Å². The second kappa shape index (κ2) is 9.03. The summed E-state index contributed by atoms with van der Waals surface area (Å²) in [6.45, 7) is 0. The van der Waals surface area contributed by atoms with Crippen LogP contribution in [0.3, 0.4) is 0 Å². The lowest BCUT2D eigenvalue weighted by Crippen LogP contribution is -2.21. The topological polar surface area (TPSA) is 82.5 Å². The molecule has 2 aromatic carbocycles. The van der Waals surface area contributed by atoms with E-state index < -0.39 is 0 Å². The summed E-state index contributed by atoms with van der Waals surface area (Å²) in [7, 11) is 0. The maximum atomic E-state index is 11.8. The van der Waals surface area contributed by atoms with Gasteiger partial charge in [0.2, 0.25) is 0 Å². The highest BCUT2D eigenvalue weighted by Gasteiger charge is 2.19. The van der Waals surface area contributed by atoms with Crippen molar-refractivity contribution in [2.24, 2.45) is 0 Å². The first-order valence-corrected chi connectivity index (χ1v) is 9.18. The van der Waals surface area contributed by atoms with E-state index in [-0.39, 0.29) is 17.7 Å². The van der Waals surface area contributed by atoms with E-state index in [2.05, 4.69) is 0 Å². The summed E-state index contributed by atoms with van der Waals surface area (Å²) in [5, 5.41) is 0.951. The van der Waals surface area contributed by atoms with Crippen molar-refractivity contribution in [1.82, 2.24) is 0 Å². The van der Waals surface area contributed by atoms with Gasteiger partial charge in [0.15, 0.2) is 0 Å². The monoisotopic (exact) mass is 365 g/mol. The SMILES string of the molecule is Nc1ccccc1C(=O)OC1CCCCC1.O=c1ccc2ccccc2o1. The summed E-state index contributed by atoms with van der Waals surface area (Å²) >= 11 is 0. The molecule has 0 amide bonds. The molecule has 4 rings (SSSR count). The van der Waals surface area contributed by atoms with Gasteiger partial charge in [-0.05, 0) is 49.9 Å². The third kappa shape index (κ3) is 5.20. The number of carbonyl (C=O) groups excluding carboxylic acids is 1. The smallest absolute Gasteiger partial charge is 0.340 e. The molecule has 27 heavy (non-hydrogen) atoms. The van der Waals surface area contributed by atoms with E-state index in [1.165, 1.54) is 12.5 Å². The first kappa shape index (κ1) is 18.7. The first-order chi connectivity index (χ1) is 13.1. The van der Waals surface area contributed by atoms with Crippen LogP contribution in [-0.4, -0.2) is 12.1 Å². The zero-order valence-electron chi connectivity index (χ0n) is 15.1. The van der Waals surface area contributed by atoms with Crippen LogP contribution >= 0.6 is 0 Å². The Morgan fingerprint density at radius 1 is 0.926 bits per heavy atom. The van der Waals surface area contributed by atoms with Gasteiger partial charge >= 0.3 is 11.6 Å². The lowest BCUT2D eigenvalue weighted by Gasteiger charge is -2.22. The molecule has 5 nitrogen and oxygen atoms in total. The summed E-state index contributed by atoms with van der Waals surface area (Å²) in [4.78, 5) is 22.5. The Labute approximate surface area is 157 Å². The van der Waals surface area contributed by atoms with Crippen LogP contribution < -0.4 is 11.4 Å². The molecule has 0 atom stereocenters.